The molecule has 1 aliphatic carbocycles. The van der Waals surface area contributed by atoms with E-state index in [1.807, 2.05) is 6.07 Å². The second kappa shape index (κ2) is 4.13. The number of hydrogen-bond acceptors (Lipinski definition) is 2. The number of benzene rings is 1. The van der Waals surface area contributed by atoms with E-state index in [1.54, 1.807) is 19.2 Å². The summed E-state index contributed by atoms with van der Waals surface area (Å²) in [7, 11) is 1.66. The number of phenols is 1. The van der Waals surface area contributed by atoms with Crippen molar-refractivity contribution in [2.45, 2.75) is 32.1 Å². The van der Waals surface area contributed by atoms with Crippen LogP contribution < -0.4 is 4.74 Å². The fraction of sp³-hybridized carbons (Fsp3) is 0.538. The molecular weight excluding hydrogens is 188 g/mol. The van der Waals surface area contributed by atoms with Crippen LogP contribution in [0.2, 0.25) is 0 Å². The van der Waals surface area contributed by atoms with E-state index in [0.717, 1.165) is 17.2 Å². The molecule has 0 aliphatic heterocycles. The van der Waals surface area contributed by atoms with Crippen LogP contribution in [0, 0.1) is 5.92 Å². The zero-order valence-electron chi connectivity index (χ0n) is 9.36. The van der Waals surface area contributed by atoms with Gasteiger partial charge in [-0.3, -0.25) is 0 Å². The number of ether oxygens (including phenoxy) is 1. The molecule has 2 atom stereocenters. The number of rotatable bonds is 2. The highest BCUT2D eigenvalue weighted by atomic mass is 16.5. The molecule has 82 valence electrons. The molecule has 2 nitrogen and oxygen atoms in total. The maximum Gasteiger partial charge on any atom is 0.119 e. The molecule has 0 heterocycles. The molecule has 1 fully saturated rings. The Bertz CT molecular complexity index is 346. The van der Waals surface area contributed by atoms with Crippen LogP contribution in [0.4, 0.5) is 0 Å². The van der Waals surface area contributed by atoms with Crippen molar-refractivity contribution in [2.24, 2.45) is 5.92 Å². The van der Waals surface area contributed by atoms with Gasteiger partial charge in [-0.15, -0.1) is 0 Å². The molecule has 0 aromatic heterocycles. The van der Waals surface area contributed by atoms with Gasteiger partial charge in [0.1, 0.15) is 11.5 Å². The molecule has 0 spiro atoms. The van der Waals surface area contributed by atoms with Crippen molar-refractivity contribution in [1.29, 1.82) is 0 Å². The molecule has 0 radical (unpaired) electrons. The average Bonchev–Trinajstić information content (AvgIpc) is 2.65. The van der Waals surface area contributed by atoms with Crippen LogP contribution in [0.1, 0.15) is 37.7 Å². The first-order valence-corrected chi connectivity index (χ1v) is 5.57. The molecule has 0 saturated heterocycles. The average molecular weight is 206 g/mol. The fourth-order valence-electron chi connectivity index (χ4n) is 2.48. The molecule has 1 saturated carbocycles. The van der Waals surface area contributed by atoms with Crippen molar-refractivity contribution in [2.75, 3.05) is 7.11 Å². The van der Waals surface area contributed by atoms with Crippen molar-refractivity contribution in [3.05, 3.63) is 23.8 Å². The molecule has 1 aromatic carbocycles. The largest absolute Gasteiger partial charge is 0.508 e. The van der Waals surface area contributed by atoms with Gasteiger partial charge in [0.15, 0.2) is 0 Å². The van der Waals surface area contributed by atoms with E-state index < -0.39 is 0 Å². The number of methoxy groups -OCH3 is 1. The van der Waals surface area contributed by atoms with E-state index >= 15 is 0 Å². The number of hydrogen-bond donors (Lipinski definition) is 1. The van der Waals surface area contributed by atoms with Crippen molar-refractivity contribution in [3.8, 4) is 11.5 Å². The first-order chi connectivity index (χ1) is 7.20. The van der Waals surface area contributed by atoms with Gasteiger partial charge in [-0.05, 0) is 42.9 Å². The SMILES string of the molecule is COc1ccc(O)c(C2CCC(C)C2)c1. The summed E-state index contributed by atoms with van der Waals surface area (Å²) in [6.45, 7) is 2.28. The van der Waals surface area contributed by atoms with Crippen LogP contribution in [-0.4, -0.2) is 12.2 Å². The summed E-state index contributed by atoms with van der Waals surface area (Å²) in [4.78, 5) is 0. The smallest absolute Gasteiger partial charge is 0.119 e. The Hall–Kier alpha value is -1.18. The zero-order chi connectivity index (χ0) is 10.8. The lowest BCUT2D eigenvalue weighted by atomic mass is 9.95. The van der Waals surface area contributed by atoms with Gasteiger partial charge in [0.25, 0.3) is 0 Å². The van der Waals surface area contributed by atoms with Gasteiger partial charge >= 0.3 is 0 Å². The van der Waals surface area contributed by atoms with Crippen molar-refractivity contribution < 1.29 is 9.84 Å². The highest BCUT2D eigenvalue weighted by Crippen LogP contribution is 2.42. The van der Waals surface area contributed by atoms with E-state index in [-0.39, 0.29) is 0 Å². The van der Waals surface area contributed by atoms with Gasteiger partial charge in [0.2, 0.25) is 0 Å². The van der Waals surface area contributed by atoms with Crippen molar-refractivity contribution in [3.63, 3.8) is 0 Å². The minimum Gasteiger partial charge on any atom is -0.508 e. The first kappa shape index (κ1) is 10.3. The molecule has 0 bridgehead atoms. The van der Waals surface area contributed by atoms with Crippen LogP contribution in [-0.2, 0) is 0 Å². The third kappa shape index (κ3) is 2.09. The minimum absolute atomic E-state index is 0.412. The fourth-order valence-corrected chi connectivity index (χ4v) is 2.48. The second-order valence-corrected chi connectivity index (χ2v) is 4.54. The summed E-state index contributed by atoms with van der Waals surface area (Å²) >= 11 is 0. The molecule has 2 heteroatoms. The van der Waals surface area contributed by atoms with Crippen molar-refractivity contribution >= 4 is 0 Å². The first-order valence-electron chi connectivity index (χ1n) is 5.57. The Morgan fingerprint density at radius 2 is 2.13 bits per heavy atom. The van der Waals surface area contributed by atoms with Gasteiger partial charge < -0.3 is 9.84 Å². The molecule has 2 rings (SSSR count). The maximum atomic E-state index is 9.82. The van der Waals surface area contributed by atoms with E-state index in [9.17, 15) is 5.11 Å². The normalized spacial score (nSPS) is 25.5. The van der Waals surface area contributed by atoms with Crippen LogP contribution >= 0.6 is 0 Å². The Balaban J connectivity index is 2.26. The summed E-state index contributed by atoms with van der Waals surface area (Å²) in [5, 5.41) is 9.82. The maximum absolute atomic E-state index is 9.82. The zero-order valence-corrected chi connectivity index (χ0v) is 9.36. The van der Waals surface area contributed by atoms with E-state index in [4.69, 9.17) is 4.74 Å². The van der Waals surface area contributed by atoms with Gasteiger partial charge in [0.05, 0.1) is 7.11 Å². The summed E-state index contributed by atoms with van der Waals surface area (Å²) < 4.78 is 5.19. The lowest BCUT2D eigenvalue weighted by Crippen LogP contribution is -1.95. The lowest BCUT2D eigenvalue weighted by Gasteiger charge is -2.13. The molecular formula is C13H18O2. The second-order valence-electron chi connectivity index (χ2n) is 4.54. The third-order valence-corrected chi connectivity index (χ3v) is 3.37. The Morgan fingerprint density at radius 3 is 2.73 bits per heavy atom. The summed E-state index contributed by atoms with van der Waals surface area (Å²) in [5.74, 6) is 2.54. The lowest BCUT2D eigenvalue weighted by molar-refractivity contribution is 0.409. The van der Waals surface area contributed by atoms with Crippen LogP contribution in [0.5, 0.6) is 11.5 Å². The van der Waals surface area contributed by atoms with Gasteiger partial charge in [-0.2, -0.15) is 0 Å². The molecule has 1 aromatic rings. The van der Waals surface area contributed by atoms with Crippen LogP contribution in [0.15, 0.2) is 18.2 Å². The minimum atomic E-state index is 0.412. The van der Waals surface area contributed by atoms with E-state index in [2.05, 4.69) is 6.92 Å². The Morgan fingerprint density at radius 1 is 1.33 bits per heavy atom. The van der Waals surface area contributed by atoms with Crippen LogP contribution in [0.3, 0.4) is 0 Å². The van der Waals surface area contributed by atoms with E-state index in [1.165, 1.54) is 19.3 Å². The van der Waals surface area contributed by atoms with Gasteiger partial charge in [-0.1, -0.05) is 13.3 Å². The van der Waals surface area contributed by atoms with E-state index in [0.29, 0.717) is 11.7 Å². The summed E-state index contributed by atoms with van der Waals surface area (Å²) in [5.41, 5.74) is 1.05. The molecule has 1 N–H and O–H groups in total. The van der Waals surface area contributed by atoms with Crippen molar-refractivity contribution in [1.82, 2.24) is 0 Å². The standard InChI is InChI=1S/C13H18O2/c1-9-3-4-10(7-9)12-8-11(15-2)5-6-13(12)14/h5-6,8-10,14H,3-4,7H2,1-2H3. The summed E-state index contributed by atoms with van der Waals surface area (Å²) in [6.07, 6.45) is 3.63. The quantitative estimate of drug-likeness (QED) is 0.804. The number of phenolic OH excluding ortho intramolecular Hbond substituents is 1. The topological polar surface area (TPSA) is 29.5 Å². The molecule has 1 aliphatic rings. The van der Waals surface area contributed by atoms with Crippen LogP contribution in [0.25, 0.3) is 0 Å². The molecule has 0 amide bonds. The van der Waals surface area contributed by atoms with Gasteiger partial charge in [0, 0.05) is 5.56 Å². The summed E-state index contributed by atoms with van der Waals surface area (Å²) in [6, 6.07) is 5.51. The highest BCUT2D eigenvalue weighted by molar-refractivity contribution is 5.41. The Labute approximate surface area is 90.9 Å². The Kier molecular flexibility index (Phi) is 2.85. The highest BCUT2D eigenvalue weighted by Gasteiger charge is 2.25. The predicted molar refractivity (Wildman–Crippen MR) is 60.4 cm³/mol. The molecule has 15 heavy (non-hydrogen) atoms. The van der Waals surface area contributed by atoms with Gasteiger partial charge in [-0.25, -0.2) is 0 Å². The third-order valence-electron chi connectivity index (χ3n) is 3.37. The number of aromatic hydroxyl groups is 1. The monoisotopic (exact) mass is 206 g/mol. The predicted octanol–water partition coefficient (Wildman–Crippen LogP) is 3.30. The molecule has 2 unspecified atom stereocenters.